The van der Waals surface area contributed by atoms with Crippen molar-refractivity contribution < 1.29 is 22.2 Å². The molecule has 1 aliphatic rings. The molecule has 158 valence electrons. The minimum atomic E-state index is -4.12. The van der Waals surface area contributed by atoms with Gasteiger partial charge in [0, 0.05) is 5.56 Å². The van der Waals surface area contributed by atoms with Gasteiger partial charge in [0.05, 0.1) is 6.42 Å². The highest BCUT2D eigenvalue weighted by atomic mass is 32.2. The summed E-state index contributed by atoms with van der Waals surface area (Å²) in [5, 5.41) is -1.13. The van der Waals surface area contributed by atoms with Crippen molar-refractivity contribution in [3.05, 3.63) is 70.8 Å². The van der Waals surface area contributed by atoms with Gasteiger partial charge in [0.15, 0.2) is 0 Å². The van der Waals surface area contributed by atoms with Gasteiger partial charge in [-0.15, -0.1) is 0 Å². The molecule has 0 aliphatic heterocycles. The maximum Gasteiger partial charge on any atom is 0.341 e. The van der Waals surface area contributed by atoms with Crippen LogP contribution in [0.1, 0.15) is 73.2 Å². The number of nitrogens with zero attached hydrogens (tertiary/aromatic N) is 2. The highest BCUT2D eigenvalue weighted by Gasteiger charge is 2.43. The summed E-state index contributed by atoms with van der Waals surface area (Å²) >= 11 is 0. The summed E-state index contributed by atoms with van der Waals surface area (Å²) in [6, 6.07) is 13.5. The molecule has 30 heavy (non-hydrogen) atoms. The van der Waals surface area contributed by atoms with Crippen molar-refractivity contribution in [2.75, 3.05) is 0 Å². The highest BCUT2D eigenvalue weighted by molar-refractivity contribution is 7.87. The lowest BCUT2D eigenvalue weighted by atomic mass is 9.82. The Bertz CT molecular complexity index is 1110. The first-order valence-electron chi connectivity index (χ1n) is 9.89. The number of carbonyl (C=O) groups is 1. The number of hydrogen-bond acceptors (Lipinski definition) is 4. The van der Waals surface area contributed by atoms with Crippen molar-refractivity contribution in [2.45, 2.75) is 51.7 Å². The third-order valence-corrected chi connectivity index (χ3v) is 6.78. The van der Waals surface area contributed by atoms with Gasteiger partial charge in [0.2, 0.25) is 0 Å². The van der Waals surface area contributed by atoms with E-state index in [2.05, 4.69) is 32.5 Å². The van der Waals surface area contributed by atoms with Crippen LogP contribution >= 0.6 is 0 Å². The van der Waals surface area contributed by atoms with Crippen LogP contribution in [0.15, 0.2) is 48.5 Å². The SMILES string of the molecule is CC(CC(C)(C)C)c1ccc(OS(=O)(=O)C2CC(=[N+]=[N-])C(=O)c3ccccc32)cc1. The molecule has 2 aromatic rings. The molecule has 0 fully saturated rings. The summed E-state index contributed by atoms with van der Waals surface area (Å²) in [7, 11) is -4.12. The van der Waals surface area contributed by atoms with Gasteiger partial charge < -0.3 is 9.71 Å². The monoisotopic (exact) mass is 426 g/mol. The Morgan fingerprint density at radius 3 is 2.37 bits per heavy atom. The molecular formula is C23H26N2O4S. The molecular weight excluding hydrogens is 400 g/mol. The normalized spacial score (nSPS) is 17.8. The molecule has 6 nitrogen and oxygen atoms in total. The fraction of sp³-hybridized carbons (Fsp3) is 0.391. The molecule has 0 saturated heterocycles. The summed E-state index contributed by atoms with van der Waals surface area (Å²) in [4.78, 5) is 15.4. The van der Waals surface area contributed by atoms with Gasteiger partial charge in [0.25, 0.3) is 5.78 Å². The molecule has 0 aromatic heterocycles. The first-order chi connectivity index (χ1) is 14.0. The second-order valence-corrected chi connectivity index (χ2v) is 10.7. The fourth-order valence-electron chi connectivity index (χ4n) is 3.94. The van der Waals surface area contributed by atoms with Crippen LogP contribution in [0.3, 0.4) is 0 Å². The molecule has 3 rings (SSSR count). The van der Waals surface area contributed by atoms with E-state index in [0.29, 0.717) is 11.5 Å². The summed E-state index contributed by atoms with van der Waals surface area (Å²) in [5.74, 6) is 0.0607. The third kappa shape index (κ3) is 4.69. The molecule has 0 amide bonds. The van der Waals surface area contributed by atoms with Crippen molar-refractivity contribution >= 4 is 21.6 Å². The zero-order chi connectivity index (χ0) is 22.1. The Morgan fingerprint density at radius 2 is 1.77 bits per heavy atom. The van der Waals surface area contributed by atoms with Gasteiger partial charge in [-0.05, 0) is 41.0 Å². The predicted molar refractivity (Wildman–Crippen MR) is 115 cm³/mol. The average molecular weight is 427 g/mol. The van der Waals surface area contributed by atoms with E-state index in [1.807, 2.05) is 12.1 Å². The molecule has 2 atom stereocenters. The lowest BCUT2D eigenvalue weighted by Gasteiger charge is -2.24. The van der Waals surface area contributed by atoms with E-state index in [-0.39, 0.29) is 28.9 Å². The molecule has 0 saturated carbocycles. The minimum absolute atomic E-state index is 0.190. The van der Waals surface area contributed by atoms with E-state index in [9.17, 15) is 13.2 Å². The molecule has 0 bridgehead atoms. The molecule has 2 unspecified atom stereocenters. The van der Waals surface area contributed by atoms with E-state index >= 15 is 0 Å². The maximum absolute atomic E-state index is 13.0. The van der Waals surface area contributed by atoms with Gasteiger partial charge in [-0.1, -0.05) is 64.1 Å². The van der Waals surface area contributed by atoms with Gasteiger partial charge in [-0.3, -0.25) is 4.79 Å². The summed E-state index contributed by atoms with van der Waals surface area (Å²) < 4.78 is 31.4. The zero-order valence-electron chi connectivity index (χ0n) is 17.6. The zero-order valence-corrected chi connectivity index (χ0v) is 18.4. The molecule has 0 N–H and O–H groups in total. The second kappa shape index (κ2) is 8.17. The van der Waals surface area contributed by atoms with Gasteiger partial charge in [-0.25, -0.2) is 0 Å². The lowest BCUT2D eigenvalue weighted by molar-refractivity contribution is -0.00962. The topological polar surface area (TPSA) is 96.8 Å². The summed E-state index contributed by atoms with van der Waals surface area (Å²) in [6.45, 7) is 8.70. The van der Waals surface area contributed by atoms with E-state index in [0.717, 1.165) is 12.0 Å². The van der Waals surface area contributed by atoms with Crippen LogP contribution < -0.4 is 4.18 Å². The number of ketones is 1. The van der Waals surface area contributed by atoms with E-state index in [1.165, 1.54) is 6.07 Å². The highest BCUT2D eigenvalue weighted by Crippen LogP contribution is 2.36. The average Bonchev–Trinajstić information content (AvgIpc) is 2.67. The predicted octanol–water partition coefficient (Wildman–Crippen LogP) is 4.93. The van der Waals surface area contributed by atoms with E-state index in [4.69, 9.17) is 9.71 Å². The second-order valence-electron chi connectivity index (χ2n) is 8.97. The van der Waals surface area contributed by atoms with Gasteiger partial charge in [-0.2, -0.15) is 13.2 Å². The first-order valence-corrected chi connectivity index (χ1v) is 11.4. The molecule has 0 heterocycles. The van der Waals surface area contributed by atoms with Crippen LogP contribution in [0.5, 0.6) is 5.75 Å². The Kier molecular flexibility index (Phi) is 5.97. The Hall–Kier alpha value is -2.76. The van der Waals surface area contributed by atoms with E-state index < -0.39 is 21.2 Å². The molecule has 7 heteroatoms. The largest absolute Gasteiger partial charge is 0.382 e. The van der Waals surface area contributed by atoms with Crippen LogP contribution in [0.4, 0.5) is 0 Å². The van der Waals surface area contributed by atoms with E-state index in [1.54, 1.807) is 30.3 Å². The van der Waals surface area contributed by atoms with Crippen molar-refractivity contribution in [3.63, 3.8) is 0 Å². The van der Waals surface area contributed by atoms with Gasteiger partial charge in [0.1, 0.15) is 11.0 Å². The lowest BCUT2D eigenvalue weighted by Crippen LogP contribution is -2.32. The quantitative estimate of drug-likeness (QED) is 0.384. The molecule has 2 aromatic carbocycles. The number of Topliss-reactive ketones (excluding diaryl/α,β-unsaturated/α-hetero) is 1. The first kappa shape index (κ1) is 21.9. The maximum atomic E-state index is 13.0. The van der Waals surface area contributed by atoms with Crippen molar-refractivity contribution in [1.29, 1.82) is 0 Å². The number of rotatable bonds is 5. The van der Waals surface area contributed by atoms with Crippen molar-refractivity contribution in [3.8, 4) is 5.75 Å². The van der Waals surface area contributed by atoms with Crippen LogP contribution in [-0.4, -0.2) is 24.7 Å². The Morgan fingerprint density at radius 1 is 1.13 bits per heavy atom. The Balaban J connectivity index is 1.86. The van der Waals surface area contributed by atoms with Gasteiger partial charge >= 0.3 is 15.8 Å². The van der Waals surface area contributed by atoms with Crippen LogP contribution in [0.2, 0.25) is 0 Å². The number of benzene rings is 2. The van der Waals surface area contributed by atoms with Crippen LogP contribution in [0, 0.1) is 5.41 Å². The summed E-state index contributed by atoms with van der Waals surface area (Å²) in [6.07, 6.45) is 0.761. The summed E-state index contributed by atoms with van der Waals surface area (Å²) in [5.41, 5.74) is 10.8. The number of carbonyl (C=O) groups excluding carboxylic acids is 1. The fourth-order valence-corrected chi connectivity index (χ4v) is 5.32. The smallest absolute Gasteiger partial charge is 0.341 e. The minimum Gasteiger partial charge on any atom is -0.382 e. The van der Waals surface area contributed by atoms with Crippen molar-refractivity contribution in [1.82, 2.24) is 0 Å². The third-order valence-electron chi connectivity index (χ3n) is 5.24. The molecule has 1 aliphatic carbocycles. The molecule has 0 radical (unpaired) electrons. The number of hydrogen-bond donors (Lipinski definition) is 0. The van der Waals surface area contributed by atoms with Crippen LogP contribution in [0.25, 0.3) is 5.53 Å². The number of fused-ring (bicyclic) bond motifs is 1. The Labute approximate surface area is 177 Å². The standard InChI is InChI=1S/C23H26N2O4S/c1-15(14-23(2,3)4)16-9-11-17(12-10-16)29-30(27,28)21-13-20(25-24)22(26)19-8-6-5-7-18(19)21/h5-12,15,21H,13-14H2,1-4H3. The van der Waals surface area contributed by atoms with Crippen LogP contribution in [-0.2, 0) is 10.1 Å². The molecule has 0 spiro atoms. The van der Waals surface area contributed by atoms with Crippen molar-refractivity contribution in [2.24, 2.45) is 5.41 Å².